The summed E-state index contributed by atoms with van der Waals surface area (Å²) in [6.45, 7) is 1.80. The van der Waals surface area contributed by atoms with E-state index in [9.17, 15) is 9.59 Å². The molecule has 0 bridgehead atoms. The highest BCUT2D eigenvalue weighted by molar-refractivity contribution is 7.21. The van der Waals surface area contributed by atoms with Crippen LogP contribution in [0.5, 0.6) is 5.75 Å². The van der Waals surface area contributed by atoms with Crippen LogP contribution in [-0.4, -0.2) is 23.8 Å². The first kappa shape index (κ1) is 20.6. The van der Waals surface area contributed by atoms with Gasteiger partial charge in [0.2, 0.25) is 0 Å². The predicted octanol–water partition coefficient (Wildman–Crippen LogP) is 4.39. The Bertz CT molecular complexity index is 1300. The number of nitrogens with two attached hydrogens (primary N) is 2. The summed E-state index contributed by atoms with van der Waals surface area (Å²) in [5.41, 5.74) is 15.5. The number of pyridine rings is 1. The number of benzene rings is 2. The summed E-state index contributed by atoms with van der Waals surface area (Å²) in [5.74, 6) is 0.00480. The number of primary amides is 1. The monoisotopic (exact) mass is 431 g/mol. The number of nitrogen functional groups attached to an aromatic ring is 1. The van der Waals surface area contributed by atoms with Crippen molar-refractivity contribution in [1.29, 1.82) is 0 Å². The number of methoxy groups -OCH3 is 1. The number of hydrogen-bond donors (Lipinski definition) is 2. The topological polar surface area (TPSA) is 108 Å². The molecule has 0 radical (unpaired) electrons. The number of amides is 1. The zero-order chi connectivity index (χ0) is 22.1. The van der Waals surface area contributed by atoms with Gasteiger partial charge in [-0.3, -0.25) is 9.59 Å². The van der Waals surface area contributed by atoms with E-state index in [-0.39, 0.29) is 22.8 Å². The van der Waals surface area contributed by atoms with Crippen molar-refractivity contribution in [3.63, 3.8) is 0 Å². The number of aryl methyl sites for hydroxylation is 1. The van der Waals surface area contributed by atoms with E-state index in [0.29, 0.717) is 32.8 Å². The molecule has 2 aromatic heterocycles. The van der Waals surface area contributed by atoms with Gasteiger partial charge in [0, 0.05) is 22.9 Å². The molecule has 4 aromatic rings. The Balaban J connectivity index is 1.99. The molecule has 0 unspecified atom stereocenters. The minimum Gasteiger partial charge on any atom is -0.497 e. The maximum atomic E-state index is 13.5. The van der Waals surface area contributed by atoms with Crippen molar-refractivity contribution < 1.29 is 14.3 Å². The SMILES string of the molecule is COc1ccc(-c2c(C(=O)Cc3ccccc3)c(C)nc3sc(C(N)=O)c(N)c23)cc1. The molecule has 7 heteroatoms. The molecule has 0 aliphatic carbocycles. The van der Waals surface area contributed by atoms with Gasteiger partial charge in [-0.15, -0.1) is 11.3 Å². The second-order valence-electron chi connectivity index (χ2n) is 7.15. The van der Waals surface area contributed by atoms with Crippen LogP contribution in [0.2, 0.25) is 0 Å². The number of hydrogen-bond acceptors (Lipinski definition) is 6. The molecule has 4 N–H and O–H groups in total. The van der Waals surface area contributed by atoms with E-state index in [1.807, 2.05) is 54.6 Å². The normalized spacial score (nSPS) is 10.9. The van der Waals surface area contributed by atoms with Crippen molar-refractivity contribution in [3.8, 4) is 16.9 Å². The minimum absolute atomic E-state index is 0.0739. The molecule has 31 heavy (non-hydrogen) atoms. The summed E-state index contributed by atoms with van der Waals surface area (Å²) in [7, 11) is 1.59. The van der Waals surface area contributed by atoms with E-state index >= 15 is 0 Å². The van der Waals surface area contributed by atoms with Gasteiger partial charge in [-0.25, -0.2) is 4.98 Å². The summed E-state index contributed by atoms with van der Waals surface area (Å²) < 4.78 is 5.27. The number of aromatic nitrogens is 1. The standard InChI is InChI=1S/C24H21N3O3S/c1-13-18(17(28)12-14-6-4-3-5-7-14)19(15-8-10-16(30-2)11-9-15)20-21(25)22(23(26)29)31-24(20)27-13/h3-11H,12,25H2,1-2H3,(H2,26,29). The van der Waals surface area contributed by atoms with Gasteiger partial charge in [0.05, 0.1) is 18.5 Å². The zero-order valence-corrected chi connectivity index (χ0v) is 18.0. The number of ketones is 1. The van der Waals surface area contributed by atoms with Gasteiger partial charge in [-0.05, 0) is 30.2 Å². The largest absolute Gasteiger partial charge is 0.497 e. The number of rotatable bonds is 6. The molecule has 0 atom stereocenters. The summed E-state index contributed by atoms with van der Waals surface area (Å²) >= 11 is 1.14. The molecule has 0 aliphatic rings. The van der Waals surface area contributed by atoms with Crippen molar-refractivity contribution in [3.05, 3.63) is 76.3 Å². The van der Waals surface area contributed by atoms with Gasteiger partial charge in [0.25, 0.3) is 5.91 Å². The Morgan fingerprint density at radius 2 is 1.74 bits per heavy atom. The lowest BCUT2D eigenvalue weighted by Crippen LogP contribution is -2.11. The van der Waals surface area contributed by atoms with Crippen molar-refractivity contribution in [2.45, 2.75) is 13.3 Å². The third-order valence-corrected chi connectivity index (χ3v) is 6.26. The van der Waals surface area contributed by atoms with Gasteiger partial charge >= 0.3 is 0 Å². The first-order chi connectivity index (χ1) is 14.9. The molecule has 4 rings (SSSR count). The molecule has 2 heterocycles. The second-order valence-corrected chi connectivity index (χ2v) is 8.15. The highest BCUT2D eigenvalue weighted by Crippen LogP contribution is 2.42. The first-order valence-corrected chi connectivity index (χ1v) is 10.5. The van der Waals surface area contributed by atoms with E-state index in [1.54, 1.807) is 14.0 Å². The number of fused-ring (bicyclic) bond motifs is 1. The van der Waals surface area contributed by atoms with Crippen LogP contribution in [0.25, 0.3) is 21.3 Å². The Kier molecular flexibility index (Phi) is 5.44. The quantitative estimate of drug-likeness (QED) is 0.440. The number of anilines is 1. The summed E-state index contributed by atoms with van der Waals surface area (Å²) in [6, 6.07) is 16.9. The fourth-order valence-electron chi connectivity index (χ4n) is 3.71. The Morgan fingerprint density at radius 1 is 1.06 bits per heavy atom. The van der Waals surface area contributed by atoms with Crippen molar-refractivity contribution >= 4 is 38.9 Å². The van der Waals surface area contributed by atoms with E-state index in [4.69, 9.17) is 16.2 Å². The highest BCUT2D eigenvalue weighted by atomic mass is 32.1. The molecular weight excluding hydrogens is 410 g/mol. The summed E-state index contributed by atoms with van der Waals surface area (Å²) in [6.07, 6.45) is 0.227. The van der Waals surface area contributed by atoms with E-state index in [0.717, 1.165) is 22.5 Å². The number of carbonyl (C=O) groups excluding carboxylic acids is 2. The predicted molar refractivity (Wildman–Crippen MR) is 124 cm³/mol. The third kappa shape index (κ3) is 3.75. The van der Waals surface area contributed by atoms with Crippen molar-refractivity contribution in [2.75, 3.05) is 12.8 Å². The molecule has 2 aromatic carbocycles. The number of nitrogens with zero attached hydrogens (tertiary/aromatic N) is 1. The van der Waals surface area contributed by atoms with Crippen LogP contribution in [0.1, 0.15) is 31.3 Å². The maximum Gasteiger partial charge on any atom is 0.260 e. The Labute approximate surface area is 183 Å². The van der Waals surface area contributed by atoms with Crippen LogP contribution < -0.4 is 16.2 Å². The van der Waals surface area contributed by atoms with Crippen molar-refractivity contribution in [2.24, 2.45) is 5.73 Å². The van der Waals surface area contributed by atoms with Gasteiger partial charge in [0.15, 0.2) is 5.78 Å². The van der Waals surface area contributed by atoms with Crippen LogP contribution in [0.3, 0.4) is 0 Å². The van der Waals surface area contributed by atoms with Gasteiger partial charge in [-0.2, -0.15) is 0 Å². The number of ether oxygens (including phenoxy) is 1. The molecule has 6 nitrogen and oxygen atoms in total. The lowest BCUT2D eigenvalue weighted by molar-refractivity contribution is 0.0988. The molecule has 0 aliphatic heterocycles. The lowest BCUT2D eigenvalue weighted by Gasteiger charge is -2.15. The Morgan fingerprint density at radius 3 is 2.35 bits per heavy atom. The van der Waals surface area contributed by atoms with E-state index < -0.39 is 5.91 Å². The van der Waals surface area contributed by atoms with Gasteiger partial charge in [-0.1, -0.05) is 42.5 Å². The summed E-state index contributed by atoms with van der Waals surface area (Å²) in [4.78, 5) is 30.8. The number of Topliss-reactive ketones (excluding diaryl/α,β-unsaturated/α-hetero) is 1. The van der Waals surface area contributed by atoms with E-state index in [2.05, 4.69) is 4.98 Å². The fraction of sp³-hybridized carbons (Fsp3) is 0.125. The molecule has 0 saturated heterocycles. The fourth-order valence-corrected chi connectivity index (χ4v) is 4.71. The smallest absolute Gasteiger partial charge is 0.260 e. The number of carbonyl (C=O) groups is 2. The van der Waals surface area contributed by atoms with Gasteiger partial charge < -0.3 is 16.2 Å². The zero-order valence-electron chi connectivity index (χ0n) is 17.1. The molecule has 1 amide bonds. The lowest BCUT2D eigenvalue weighted by atomic mass is 9.91. The third-order valence-electron chi connectivity index (χ3n) is 5.15. The molecule has 156 valence electrons. The average molecular weight is 432 g/mol. The first-order valence-electron chi connectivity index (χ1n) is 9.64. The van der Waals surface area contributed by atoms with Crippen LogP contribution in [0.15, 0.2) is 54.6 Å². The van der Waals surface area contributed by atoms with Gasteiger partial charge in [0.1, 0.15) is 15.5 Å². The highest BCUT2D eigenvalue weighted by Gasteiger charge is 2.25. The molecular formula is C24H21N3O3S. The second kappa shape index (κ2) is 8.20. The van der Waals surface area contributed by atoms with Crippen molar-refractivity contribution in [1.82, 2.24) is 4.98 Å². The van der Waals surface area contributed by atoms with Crippen LogP contribution in [0.4, 0.5) is 5.69 Å². The molecule has 0 spiro atoms. The van der Waals surface area contributed by atoms with Crippen LogP contribution in [0, 0.1) is 6.92 Å². The molecule has 0 saturated carbocycles. The molecule has 0 fully saturated rings. The minimum atomic E-state index is -0.615. The van der Waals surface area contributed by atoms with Crippen LogP contribution >= 0.6 is 11.3 Å². The average Bonchev–Trinajstić information content (AvgIpc) is 3.09. The Hall–Kier alpha value is -3.71. The van der Waals surface area contributed by atoms with E-state index in [1.165, 1.54) is 0 Å². The summed E-state index contributed by atoms with van der Waals surface area (Å²) in [5, 5.41) is 0.575. The number of thiophene rings is 1. The van der Waals surface area contributed by atoms with Crippen LogP contribution in [-0.2, 0) is 6.42 Å². The maximum absolute atomic E-state index is 13.5.